The van der Waals surface area contributed by atoms with Gasteiger partial charge in [-0.05, 0) is 62.1 Å². The number of anilines is 1. The Labute approximate surface area is 150 Å². The van der Waals surface area contributed by atoms with E-state index in [1.54, 1.807) is 31.0 Å². The van der Waals surface area contributed by atoms with Crippen molar-refractivity contribution >= 4 is 34.5 Å². The Kier molecular flexibility index (Phi) is 4.90. The smallest absolute Gasteiger partial charge is 0.260 e. The van der Waals surface area contributed by atoms with Gasteiger partial charge >= 0.3 is 0 Å². The van der Waals surface area contributed by atoms with Crippen molar-refractivity contribution in [1.29, 1.82) is 0 Å². The number of hydrogen-bond acceptors (Lipinski definition) is 5. The van der Waals surface area contributed by atoms with E-state index < -0.39 is 0 Å². The van der Waals surface area contributed by atoms with Crippen molar-refractivity contribution in [3.05, 3.63) is 53.2 Å². The number of nitrogens with zero attached hydrogens (tertiary/aromatic N) is 2. The van der Waals surface area contributed by atoms with E-state index in [2.05, 4.69) is 15.3 Å². The van der Waals surface area contributed by atoms with Crippen molar-refractivity contribution in [2.75, 3.05) is 18.7 Å². The Morgan fingerprint density at radius 2 is 1.92 bits per heavy atom. The van der Waals surface area contributed by atoms with Gasteiger partial charge in [0.25, 0.3) is 5.91 Å². The summed E-state index contributed by atoms with van der Waals surface area (Å²) < 4.78 is 5.34. The molecule has 6 heteroatoms. The molecule has 3 aromatic rings. The molecule has 0 unspecified atom stereocenters. The van der Waals surface area contributed by atoms with Gasteiger partial charge in [0.15, 0.2) is 5.65 Å². The van der Waals surface area contributed by atoms with Crippen LogP contribution in [0.1, 0.15) is 21.6 Å². The molecule has 0 aliphatic carbocycles. The molecule has 3 rings (SSSR count). The quantitative estimate of drug-likeness (QED) is 0.711. The molecule has 1 aromatic carbocycles. The summed E-state index contributed by atoms with van der Waals surface area (Å²) in [5, 5.41) is 3.80. The maximum absolute atomic E-state index is 12.6. The molecule has 1 N–H and O–H groups in total. The molecule has 2 heterocycles. The Balaban J connectivity index is 1.92. The molecule has 0 atom stereocenters. The SMILES string of the molecule is COc1cc(SC)ccc1C(=O)Nc1ccc2c(C)cc(C)nc2n1. The number of thioether (sulfide) groups is 1. The standard InChI is InChI=1S/C19H19N3O2S/c1-11-9-12(2)20-18-14(11)7-8-17(21-18)22-19(23)15-6-5-13(25-4)10-16(15)24-3/h5-10H,1-4H3,(H,20,21,22,23). The van der Waals surface area contributed by atoms with Crippen molar-refractivity contribution in [1.82, 2.24) is 9.97 Å². The van der Waals surface area contributed by atoms with Gasteiger partial charge in [-0.25, -0.2) is 9.97 Å². The van der Waals surface area contributed by atoms with Crippen molar-refractivity contribution in [2.24, 2.45) is 0 Å². The maximum atomic E-state index is 12.6. The highest BCUT2D eigenvalue weighted by Crippen LogP contribution is 2.26. The fraction of sp³-hybridized carbons (Fsp3) is 0.211. The second-order valence-corrected chi connectivity index (χ2v) is 6.55. The molecule has 0 fully saturated rings. The van der Waals surface area contributed by atoms with Gasteiger partial charge in [0.2, 0.25) is 0 Å². The van der Waals surface area contributed by atoms with E-state index in [0.717, 1.165) is 21.5 Å². The number of carbonyl (C=O) groups excluding carboxylic acids is 1. The minimum absolute atomic E-state index is 0.263. The van der Waals surface area contributed by atoms with Crippen molar-refractivity contribution in [2.45, 2.75) is 18.7 Å². The monoisotopic (exact) mass is 353 g/mol. The van der Waals surface area contributed by atoms with Gasteiger partial charge < -0.3 is 10.1 Å². The predicted molar refractivity (Wildman–Crippen MR) is 102 cm³/mol. The van der Waals surface area contributed by atoms with Gasteiger partial charge in [0.1, 0.15) is 11.6 Å². The second kappa shape index (κ2) is 7.11. The summed E-state index contributed by atoms with van der Waals surface area (Å²) in [7, 11) is 1.56. The first-order chi connectivity index (χ1) is 12.0. The lowest BCUT2D eigenvalue weighted by molar-refractivity contribution is 0.102. The zero-order valence-corrected chi connectivity index (χ0v) is 15.4. The molecule has 1 amide bonds. The van der Waals surface area contributed by atoms with Crippen LogP contribution in [0.5, 0.6) is 5.75 Å². The van der Waals surface area contributed by atoms with E-state index in [1.165, 1.54) is 0 Å². The average molecular weight is 353 g/mol. The molecule has 5 nitrogen and oxygen atoms in total. The third kappa shape index (κ3) is 3.58. The number of carbonyl (C=O) groups is 1. The fourth-order valence-corrected chi connectivity index (χ4v) is 3.10. The summed E-state index contributed by atoms with van der Waals surface area (Å²) in [6, 6.07) is 11.2. The summed E-state index contributed by atoms with van der Waals surface area (Å²) in [5.74, 6) is 0.738. The van der Waals surface area contributed by atoms with Crippen LogP contribution in [0, 0.1) is 13.8 Å². The highest BCUT2D eigenvalue weighted by atomic mass is 32.2. The van der Waals surface area contributed by atoms with E-state index in [9.17, 15) is 4.79 Å². The van der Waals surface area contributed by atoms with Crippen molar-refractivity contribution < 1.29 is 9.53 Å². The maximum Gasteiger partial charge on any atom is 0.260 e. The molecule has 0 radical (unpaired) electrons. The zero-order chi connectivity index (χ0) is 18.0. The van der Waals surface area contributed by atoms with Crippen LogP contribution in [0.4, 0.5) is 5.82 Å². The second-order valence-electron chi connectivity index (χ2n) is 5.67. The zero-order valence-electron chi connectivity index (χ0n) is 14.6. The molecule has 2 aromatic heterocycles. The minimum Gasteiger partial charge on any atom is -0.496 e. The number of pyridine rings is 2. The third-order valence-electron chi connectivity index (χ3n) is 3.90. The summed E-state index contributed by atoms with van der Waals surface area (Å²) in [6.45, 7) is 3.95. The third-order valence-corrected chi connectivity index (χ3v) is 4.63. The number of amides is 1. The largest absolute Gasteiger partial charge is 0.496 e. The Morgan fingerprint density at radius 1 is 1.12 bits per heavy atom. The van der Waals surface area contributed by atoms with E-state index in [1.807, 2.05) is 44.4 Å². The molecule has 0 saturated heterocycles. The molecule has 0 aliphatic heterocycles. The van der Waals surface area contributed by atoms with Crippen LogP contribution in [-0.2, 0) is 0 Å². The number of nitrogens with one attached hydrogen (secondary N) is 1. The Hall–Kier alpha value is -2.60. The van der Waals surface area contributed by atoms with Crippen molar-refractivity contribution in [3.8, 4) is 5.75 Å². The molecule has 25 heavy (non-hydrogen) atoms. The summed E-state index contributed by atoms with van der Waals surface area (Å²) in [6.07, 6.45) is 1.98. The van der Waals surface area contributed by atoms with Crippen LogP contribution < -0.4 is 10.1 Å². The molecular weight excluding hydrogens is 334 g/mol. The number of aryl methyl sites for hydroxylation is 2. The first-order valence-corrected chi connectivity index (χ1v) is 9.02. The lowest BCUT2D eigenvalue weighted by atomic mass is 10.1. The van der Waals surface area contributed by atoms with E-state index >= 15 is 0 Å². The Bertz CT molecular complexity index is 957. The summed E-state index contributed by atoms with van der Waals surface area (Å²) in [4.78, 5) is 22.5. The first-order valence-electron chi connectivity index (χ1n) is 7.80. The highest BCUT2D eigenvalue weighted by molar-refractivity contribution is 7.98. The number of benzene rings is 1. The van der Waals surface area contributed by atoms with E-state index in [4.69, 9.17) is 4.74 Å². The molecule has 128 valence electrons. The van der Waals surface area contributed by atoms with Crippen LogP contribution in [0.25, 0.3) is 11.0 Å². The van der Waals surface area contributed by atoms with E-state index in [0.29, 0.717) is 22.8 Å². The number of aromatic nitrogens is 2. The average Bonchev–Trinajstić information content (AvgIpc) is 2.60. The van der Waals surface area contributed by atoms with Crippen LogP contribution in [0.3, 0.4) is 0 Å². The lowest BCUT2D eigenvalue weighted by Gasteiger charge is -2.11. The number of methoxy groups -OCH3 is 1. The van der Waals surface area contributed by atoms with Gasteiger partial charge in [0.05, 0.1) is 12.7 Å². The van der Waals surface area contributed by atoms with Crippen LogP contribution >= 0.6 is 11.8 Å². The lowest BCUT2D eigenvalue weighted by Crippen LogP contribution is -2.14. The summed E-state index contributed by atoms with van der Waals surface area (Å²) in [5.41, 5.74) is 3.10. The van der Waals surface area contributed by atoms with Gasteiger partial charge in [-0.1, -0.05) is 0 Å². The van der Waals surface area contributed by atoms with Crippen molar-refractivity contribution in [3.63, 3.8) is 0 Å². The topological polar surface area (TPSA) is 64.1 Å². The minimum atomic E-state index is -0.263. The number of hydrogen-bond donors (Lipinski definition) is 1. The molecule has 0 saturated carbocycles. The molecule has 0 aliphatic rings. The van der Waals surface area contributed by atoms with Gasteiger partial charge in [-0.2, -0.15) is 0 Å². The van der Waals surface area contributed by atoms with Crippen LogP contribution in [0.2, 0.25) is 0 Å². The number of fused-ring (bicyclic) bond motifs is 1. The molecule has 0 spiro atoms. The molecular formula is C19H19N3O2S. The van der Waals surface area contributed by atoms with Gasteiger partial charge in [-0.15, -0.1) is 11.8 Å². The normalized spacial score (nSPS) is 10.7. The number of rotatable bonds is 4. The van der Waals surface area contributed by atoms with Crippen LogP contribution in [-0.4, -0.2) is 29.2 Å². The highest BCUT2D eigenvalue weighted by Gasteiger charge is 2.14. The summed E-state index contributed by atoms with van der Waals surface area (Å²) >= 11 is 1.59. The van der Waals surface area contributed by atoms with E-state index in [-0.39, 0.29) is 5.91 Å². The number of ether oxygens (including phenoxy) is 1. The Morgan fingerprint density at radius 3 is 2.64 bits per heavy atom. The van der Waals surface area contributed by atoms with Gasteiger partial charge in [-0.3, -0.25) is 4.79 Å². The van der Waals surface area contributed by atoms with Crippen LogP contribution in [0.15, 0.2) is 41.3 Å². The fourth-order valence-electron chi connectivity index (χ4n) is 2.67. The molecule has 0 bridgehead atoms. The van der Waals surface area contributed by atoms with Gasteiger partial charge in [0, 0.05) is 16.0 Å². The predicted octanol–water partition coefficient (Wildman–Crippen LogP) is 4.23. The first kappa shape index (κ1) is 17.2.